The van der Waals surface area contributed by atoms with Gasteiger partial charge in [0.25, 0.3) is 0 Å². The zero-order valence-corrected chi connectivity index (χ0v) is 20.7. The van der Waals surface area contributed by atoms with Crippen LogP contribution in [-0.4, -0.2) is 57.2 Å². The zero-order valence-electron chi connectivity index (χ0n) is 18.3. The van der Waals surface area contributed by atoms with Crippen LogP contribution >= 0.6 is 24.0 Å². The highest BCUT2D eigenvalue weighted by Crippen LogP contribution is 2.28. The third-order valence-electron chi connectivity index (χ3n) is 4.89. The lowest BCUT2D eigenvalue weighted by molar-refractivity contribution is 0.0468. The van der Waals surface area contributed by atoms with Crippen molar-refractivity contribution in [2.45, 2.75) is 58.1 Å². The predicted molar refractivity (Wildman–Crippen MR) is 131 cm³/mol. The molecule has 1 aliphatic carbocycles. The lowest BCUT2D eigenvalue weighted by Gasteiger charge is -2.17. The molecule has 0 heterocycles. The first-order chi connectivity index (χ1) is 14.3. The van der Waals surface area contributed by atoms with E-state index in [9.17, 15) is 0 Å². The molecule has 1 fully saturated rings. The first-order valence-corrected chi connectivity index (χ1v) is 10.8. The third kappa shape index (κ3) is 10.2. The second kappa shape index (κ2) is 16.4. The van der Waals surface area contributed by atoms with Gasteiger partial charge in [-0.2, -0.15) is 0 Å². The Labute approximate surface area is 198 Å². The minimum atomic E-state index is -0.0304. The Morgan fingerprint density at radius 2 is 1.87 bits per heavy atom. The molecule has 0 radical (unpaired) electrons. The average molecular weight is 535 g/mol. The van der Waals surface area contributed by atoms with E-state index in [4.69, 9.17) is 19.3 Å². The molecule has 2 rings (SSSR count). The van der Waals surface area contributed by atoms with Crippen molar-refractivity contribution in [3.05, 3.63) is 23.8 Å². The van der Waals surface area contributed by atoms with E-state index in [-0.39, 0.29) is 37.2 Å². The van der Waals surface area contributed by atoms with Gasteiger partial charge in [-0.05, 0) is 37.5 Å². The molecule has 172 valence electrons. The van der Waals surface area contributed by atoms with Crippen molar-refractivity contribution in [3.63, 3.8) is 0 Å². The van der Waals surface area contributed by atoms with Gasteiger partial charge in [-0.15, -0.1) is 24.0 Å². The first-order valence-electron chi connectivity index (χ1n) is 10.8. The molecule has 1 aromatic rings. The molecular weight excluding hydrogens is 497 g/mol. The molecule has 8 heteroatoms. The SMILES string of the molecule is CCNC(=NCc1ccc(OCCO)c(OC)c1)NCCOC1CCCCCC1.I. The van der Waals surface area contributed by atoms with Crippen LogP contribution in [0.5, 0.6) is 11.5 Å². The molecule has 1 aliphatic rings. The van der Waals surface area contributed by atoms with Crippen LogP contribution in [-0.2, 0) is 11.3 Å². The Morgan fingerprint density at radius 3 is 2.53 bits per heavy atom. The second-order valence-electron chi connectivity index (χ2n) is 7.16. The summed E-state index contributed by atoms with van der Waals surface area (Å²) in [6.45, 7) is 5.01. The van der Waals surface area contributed by atoms with E-state index >= 15 is 0 Å². The number of nitrogens with one attached hydrogen (secondary N) is 2. The summed E-state index contributed by atoms with van der Waals surface area (Å²) in [7, 11) is 1.61. The largest absolute Gasteiger partial charge is 0.493 e. The van der Waals surface area contributed by atoms with Gasteiger partial charge in [0.1, 0.15) is 6.61 Å². The maximum atomic E-state index is 8.91. The summed E-state index contributed by atoms with van der Waals surface area (Å²) in [6, 6.07) is 5.71. The number of hydrogen-bond acceptors (Lipinski definition) is 5. The maximum absolute atomic E-state index is 8.91. The maximum Gasteiger partial charge on any atom is 0.191 e. The van der Waals surface area contributed by atoms with Crippen LogP contribution < -0.4 is 20.1 Å². The molecule has 0 aromatic heterocycles. The standard InChI is InChI=1S/C22H37N3O4.HI/c1-3-23-22(24-12-14-28-19-8-6-4-5-7-9-19)25-17-18-10-11-20(29-15-13-26)21(16-18)27-2;/h10-11,16,19,26H,3-9,12-15,17H2,1-2H3,(H2,23,24,25);1H. The number of benzene rings is 1. The molecule has 0 saturated heterocycles. The number of methoxy groups -OCH3 is 1. The Morgan fingerprint density at radius 1 is 1.10 bits per heavy atom. The van der Waals surface area contributed by atoms with Gasteiger partial charge in [0.2, 0.25) is 0 Å². The predicted octanol–water partition coefficient (Wildman–Crippen LogP) is 3.48. The molecule has 0 aliphatic heterocycles. The van der Waals surface area contributed by atoms with Crippen molar-refractivity contribution < 1.29 is 19.3 Å². The van der Waals surface area contributed by atoms with Crippen molar-refractivity contribution in [3.8, 4) is 11.5 Å². The van der Waals surface area contributed by atoms with Gasteiger partial charge in [-0.25, -0.2) is 4.99 Å². The van der Waals surface area contributed by atoms with Crippen LogP contribution in [0.3, 0.4) is 0 Å². The zero-order chi connectivity index (χ0) is 20.7. The highest BCUT2D eigenvalue weighted by molar-refractivity contribution is 14.0. The van der Waals surface area contributed by atoms with E-state index < -0.39 is 0 Å². The van der Waals surface area contributed by atoms with Crippen LogP contribution in [0, 0.1) is 0 Å². The third-order valence-corrected chi connectivity index (χ3v) is 4.89. The smallest absolute Gasteiger partial charge is 0.191 e. The normalized spacial score (nSPS) is 15.1. The van der Waals surface area contributed by atoms with E-state index in [1.54, 1.807) is 7.11 Å². The number of aliphatic hydroxyl groups excluding tert-OH is 1. The van der Waals surface area contributed by atoms with Crippen molar-refractivity contribution in [1.82, 2.24) is 10.6 Å². The van der Waals surface area contributed by atoms with Crippen LogP contribution in [0.25, 0.3) is 0 Å². The van der Waals surface area contributed by atoms with Crippen LogP contribution in [0.2, 0.25) is 0 Å². The van der Waals surface area contributed by atoms with Crippen LogP contribution in [0.15, 0.2) is 23.2 Å². The summed E-state index contributed by atoms with van der Waals surface area (Å²) in [5, 5.41) is 15.5. The molecule has 0 bridgehead atoms. The second-order valence-corrected chi connectivity index (χ2v) is 7.16. The van der Waals surface area contributed by atoms with Gasteiger partial charge in [0.15, 0.2) is 17.5 Å². The Hall–Kier alpha value is -1.26. The number of guanidine groups is 1. The highest BCUT2D eigenvalue weighted by atomic mass is 127. The summed E-state index contributed by atoms with van der Waals surface area (Å²) in [5.74, 6) is 2.03. The molecule has 0 unspecified atom stereocenters. The fraction of sp³-hybridized carbons (Fsp3) is 0.682. The molecule has 30 heavy (non-hydrogen) atoms. The number of aliphatic imine (C=N–C) groups is 1. The Balaban J connectivity index is 0.00000450. The molecule has 7 nitrogen and oxygen atoms in total. The fourth-order valence-corrected chi connectivity index (χ4v) is 3.40. The van der Waals surface area contributed by atoms with Gasteiger partial charge >= 0.3 is 0 Å². The average Bonchev–Trinajstić information content (AvgIpc) is 3.02. The lowest BCUT2D eigenvalue weighted by Crippen LogP contribution is -2.39. The molecule has 1 saturated carbocycles. The summed E-state index contributed by atoms with van der Waals surface area (Å²) < 4.78 is 16.9. The first kappa shape index (κ1) is 26.8. The van der Waals surface area contributed by atoms with Gasteiger partial charge < -0.3 is 30.0 Å². The van der Waals surface area contributed by atoms with E-state index in [1.165, 1.54) is 38.5 Å². The van der Waals surface area contributed by atoms with E-state index in [1.807, 2.05) is 18.2 Å². The molecule has 0 spiro atoms. The Kier molecular flexibility index (Phi) is 14.7. The number of hydrogen-bond donors (Lipinski definition) is 3. The van der Waals surface area contributed by atoms with E-state index in [2.05, 4.69) is 22.5 Å². The van der Waals surface area contributed by atoms with Crippen molar-refractivity contribution >= 4 is 29.9 Å². The van der Waals surface area contributed by atoms with Crippen LogP contribution in [0.1, 0.15) is 51.0 Å². The van der Waals surface area contributed by atoms with Crippen molar-refractivity contribution in [1.29, 1.82) is 0 Å². The molecular formula is C22H38IN3O4. The van der Waals surface area contributed by atoms with E-state index in [0.29, 0.717) is 30.8 Å². The minimum absolute atomic E-state index is 0. The van der Waals surface area contributed by atoms with Gasteiger partial charge in [0, 0.05) is 13.1 Å². The number of rotatable bonds is 11. The molecule has 3 N–H and O–H groups in total. The highest BCUT2D eigenvalue weighted by Gasteiger charge is 2.12. The van der Waals surface area contributed by atoms with Gasteiger partial charge in [0.05, 0.1) is 33.0 Å². The number of nitrogens with zero attached hydrogens (tertiary/aromatic N) is 1. The van der Waals surface area contributed by atoms with Gasteiger partial charge in [-0.1, -0.05) is 31.7 Å². The summed E-state index contributed by atoms with van der Waals surface area (Å²) in [4.78, 5) is 4.65. The molecule has 0 atom stereocenters. The molecule has 0 amide bonds. The molecule has 1 aromatic carbocycles. The van der Waals surface area contributed by atoms with Gasteiger partial charge in [-0.3, -0.25) is 0 Å². The quantitative estimate of drug-likeness (QED) is 0.132. The topological polar surface area (TPSA) is 84.3 Å². The lowest BCUT2D eigenvalue weighted by atomic mass is 10.1. The van der Waals surface area contributed by atoms with Crippen molar-refractivity contribution in [2.75, 3.05) is 40.0 Å². The van der Waals surface area contributed by atoms with Crippen molar-refractivity contribution in [2.24, 2.45) is 4.99 Å². The summed E-state index contributed by atoms with van der Waals surface area (Å²) in [6.07, 6.45) is 8.05. The monoisotopic (exact) mass is 535 g/mol. The minimum Gasteiger partial charge on any atom is -0.493 e. The van der Waals surface area contributed by atoms with Crippen LogP contribution in [0.4, 0.5) is 0 Å². The number of aliphatic hydroxyl groups is 1. The summed E-state index contributed by atoms with van der Waals surface area (Å²) >= 11 is 0. The number of ether oxygens (including phenoxy) is 3. The fourth-order valence-electron chi connectivity index (χ4n) is 3.40. The summed E-state index contributed by atoms with van der Waals surface area (Å²) in [5.41, 5.74) is 1.02. The van der Waals surface area contributed by atoms with E-state index in [0.717, 1.165) is 24.6 Å². The Bertz CT molecular complexity index is 608. The number of halogens is 1.